The maximum Gasteiger partial charge on any atom is 0.573 e. The lowest BCUT2D eigenvalue weighted by molar-refractivity contribution is -0.275. The Bertz CT molecular complexity index is 1680. The first-order valence-corrected chi connectivity index (χ1v) is 14.3. The summed E-state index contributed by atoms with van der Waals surface area (Å²) in [4.78, 5) is 23.8. The predicted octanol–water partition coefficient (Wildman–Crippen LogP) is 3.37. The molecule has 0 aliphatic heterocycles. The topological polar surface area (TPSA) is 183 Å². The van der Waals surface area contributed by atoms with Crippen molar-refractivity contribution in [3.63, 3.8) is 0 Å². The third-order valence-corrected chi connectivity index (χ3v) is 7.15. The molecule has 0 amide bonds. The second-order valence-corrected chi connectivity index (χ2v) is 10.6. The number of hydrogen-bond acceptors (Lipinski definition) is 7. The lowest BCUT2D eigenvalue weighted by Crippen LogP contribution is -2.24. The fourth-order valence-corrected chi connectivity index (χ4v) is 4.83. The number of aromatic nitrogens is 3. The number of guanidine groups is 1. The quantitative estimate of drug-likeness (QED) is 0.0529. The average molecular weight is 633 g/mol. The molecule has 0 saturated carbocycles. The van der Waals surface area contributed by atoms with Gasteiger partial charge in [0.2, 0.25) is 0 Å². The zero-order valence-electron chi connectivity index (χ0n) is 24.6. The molecule has 4 rings (SSSR count). The molecule has 2 aromatic heterocycles. The fourth-order valence-electron chi connectivity index (χ4n) is 4.83. The molecular weight excluding hydrogens is 596 g/mol. The molecule has 0 aliphatic rings. The highest BCUT2D eigenvalue weighted by Gasteiger charge is 2.33. The van der Waals surface area contributed by atoms with Gasteiger partial charge in [-0.2, -0.15) is 4.98 Å². The van der Waals surface area contributed by atoms with E-state index < -0.39 is 29.7 Å². The Morgan fingerprint density at radius 2 is 1.91 bits per heavy atom. The molecule has 0 saturated heterocycles. The van der Waals surface area contributed by atoms with E-state index >= 15 is 4.39 Å². The van der Waals surface area contributed by atoms with Crippen molar-refractivity contribution in [3.05, 3.63) is 76.1 Å². The third-order valence-electron chi connectivity index (χ3n) is 7.15. The van der Waals surface area contributed by atoms with E-state index in [2.05, 4.69) is 25.0 Å². The Morgan fingerprint density at radius 1 is 1.18 bits per heavy atom. The second kappa shape index (κ2) is 14.5. The van der Waals surface area contributed by atoms with Gasteiger partial charge in [-0.1, -0.05) is 12.1 Å². The number of aliphatic hydroxyl groups is 1. The van der Waals surface area contributed by atoms with Crippen LogP contribution in [-0.4, -0.2) is 57.7 Å². The number of aryl methyl sites for hydroxylation is 1. The minimum atomic E-state index is -5.11. The Hall–Kier alpha value is -4.47. The van der Waals surface area contributed by atoms with Crippen LogP contribution < -0.4 is 32.9 Å². The maximum absolute atomic E-state index is 15.4. The number of H-pyrrole nitrogens is 1. The summed E-state index contributed by atoms with van der Waals surface area (Å²) in [7, 11) is 0. The molecule has 242 valence electrons. The summed E-state index contributed by atoms with van der Waals surface area (Å²) in [5.74, 6) is -2.15. The van der Waals surface area contributed by atoms with Gasteiger partial charge in [0, 0.05) is 35.8 Å². The largest absolute Gasteiger partial charge is 0.573 e. The minimum Gasteiger partial charge on any atom is -0.403 e. The molecule has 0 bridgehead atoms. The lowest BCUT2D eigenvalue weighted by atomic mass is 10.0. The summed E-state index contributed by atoms with van der Waals surface area (Å²) in [5, 5.41) is 12.9. The summed E-state index contributed by atoms with van der Waals surface area (Å²) >= 11 is 0. The van der Waals surface area contributed by atoms with Gasteiger partial charge in [-0.3, -0.25) is 9.56 Å². The number of alkyl halides is 3. The number of aliphatic imine (C=N–C) groups is 1. The molecule has 45 heavy (non-hydrogen) atoms. The number of aromatic amines is 1. The molecular formula is C30H36F4N8O3. The van der Waals surface area contributed by atoms with Crippen LogP contribution in [0, 0.1) is 5.82 Å². The first-order valence-electron chi connectivity index (χ1n) is 14.3. The molecule has 0 radical (unpaired) electrons. The Labute approximate surface area is 256 Å². The highest BCUT2D eigenvalue weighted by molar-refractivity contribution is 5.83. The van der Waals surface area contributed by atoms with Crippen LogP contribution in [-0.2, 0) is 6.42 Å². The van der Waals surface area contributed by atoms with Crippen LogP contribution in [0.4, 0.5) is 17.6 Å². The molecule has 2 atom stereocenters. The zero-order chi connectivity index (χ0) is 32.7. The first kappa shape index (κ1) is 33.4. The van der Waals surface area contributed by atoms with E-state index in [1.165, 1.54) is 22.9 Å². The van der Waals surface area contributed by atoms with Crippen LogP contribution in [0.15, 0.2) is 58.4 Å². The number of nitrogens with one attached hydrogen (secondary N) is 2. The molecule has 11 nitrogen and oxygen atoms in total. The van der Waals surface area contributed by atoms with Crippen LogP contribution in [0.3, 0.4) is 0 Å². The number of halogens is 4. The highest BCUT2D eigenvalue weighted by Crippen LogP contribution is 2.35. The van der Waals surface area contributed by atoms with Gasteiger partial charge in [0.25, 0.3) is 0 Å². The van der Waals surface area contributed by atoms with Gasteiger partial charge < -0.3 is 37.3 Å². The minimum absolute atomic E-state index is 0.0195. The monoisotopic (exact) mass is 632 g/mol. The van der Waals surface area contributed by atoms with Gasteiger partial charge in [0.05, 0.1) is 18.0 Å². The molecule has 2 aromatic carbocycles. The highest BCUT2D eigenvalue weighted by atomic mass is 19.4. The SMILES string of the molecule is C[C@H](NCCCN=C(N)N)c1ccc(-n2cc3cc(-c4cc(CCC[C@@H](N)CO)cc(OC(F)(F)F)c4F)[nH]c3nc2=O)cc1. The van der Waals surface area contributed by atoms with Crippen LogP contribution >= 0.6 is 0 Å². The first-order chi connectivity index (χ1) is 21.3. The molecule has 2 heterocycles. The number of rotatable bonds is 14. The standard InChI is InChI=1S/C30H36F4N8O3/c1-17(38-10-3-11-39-28(36)37)19-6-8-22(9-7-19)42-15-20-14-24(40-27(20)41-29(42)44)23-12-18(4-2-5-21(35)16-43)13-25(26(23)31)45-30(32,33)34/h6-9,12-15,17,21,38,43H,2-5,10-11,16,35H2,1H3,(H4,36,37,39)(H,40,41,44)/t17-,21+/m0/s1. The summed E-state index contributed by atoms with van der Waals surface area (Å²) < 4.78 is 59.9. The van der Waals surface area contributed by atoms with E-state index in [9.17, 15) is 18.0 Å². The molecule has 0 fully saturated rings. The van der Waals surface area contributed by atoms with Crippen molar-refractivity contribution >= 4 is 17.0 Å². The van der Waals surface area contributed by atoms with E-state index in [0.29, 0.717) is 42.6 Å². The van der Waals surface area contributed by atoms with Crippen molar-refractivity contribution in [2.75, 3.05) is 19.7 Å². The number of hydrogen-bond donors (Lipinski definition) is 6. The summed E-state index contributed by atoms with van der Waals surface area (Å²) in [6.45, 7) is 2.98. The van der Waals surface area contributed by atoms with Crippen LogP contribution in [0.1, 0.15) is 43.4 Å². The molecule has 4 aromatic rings. The number of benzene rings is 2. The van der Waals surface area contributed by atoms with Gasteiger partial charge in [-0.25, -0.2) is 9.18 Å². The number of ether oxygens (including phenoxy) is 1. The van der Waals surface area contributed by atoms with Crippen molar-refractivity contribution in [3.8, 4) is 22.7 Å². The number of nitrogens with two attached hydrogens (primary N) is 3. The molecule has 15 heteroatoms. The molecule has 0 spiro atoms. The molecule has 9 N–H and O–H groups in total. The Kier molecular flexibility index (Phi) is 10.8. The van der Waals surface area contributed by atoms with Gasteiger partial charge >= 0.3 is 12.1 Å². The van der Waals surface area contributed by atoms with Gasteiger partial charge in [-0.15, -0.1) is 13.2 Å². The van der Waals surface area contributed by atoms with E-state index in [-0.39, 0.29) is 41.9 Å². The van der Waals surface area contributed by atoms with Crippen LogP contribution in [0.5, 0.6) is 5.75 Å². The third kappa shape index (κ3) is 9.03. The normalized spacial score (nSPS) is 13.1. The van der Waals surface area contributed by atoms with Gasteiger partial charge in [0.15, 0.2) is 17.5 Å². The van der Waals surface area contributed by atoms with E-state index in [4.69, 9.17) is 22.3 Å². The number of fused-ring (bicyclic) bond motifs is 1. The lowest BCUT2D eigenvalue weighted by Gasteiger charge is -2.15. The van der Waals surface area contributed by atoms with E-state index in [0.717, 1.165) is 18.1 Å². The van der Waals surface area contributed by atoms with Gasteiger partial charge in [-0.05, 0) is 80.6 Å². The second-order valence-electron chi connectivity index (χ2n) is 10.6. The van der Waals surface area contributed by atoms with Gasteiger partial charge in [0.1, 0.15) is 5.65 Å². The zero-order valence-corrected chi connectivity index (χ0v) is 24.6. The molecule has 0 unspecified atom stereocenters. The Balaban J connectivity index is 1.59. The smallest absolute Gasteiger partial charge is 0.403 e. The van der Waals surface area contributed by atoms with Crippen molar-refractivity contribution < 1.29 is 27.4 Å². The Morgan fingerprint density at radius 3 is 2.58 bits per heavy atom. The summed E-state index contributed by atoms with van der Waals surface area (Å²) in [5.41, 5.74) is 17.7. The summed E-state index contributed by atoms with van der Waals surface area (Å²) in [6, 6.07) is 10.7. The number of nitrogens with zero attached hydrogens (tertiary/aromatic N) is 3. The maximum atomic E-state index is 15.4. The van der Waals surface area contributed by atoms with Crippen LogP contribution in [0.25, 0.3) is 28.0 Å². The van der Waals surface area contributed by atoms with Crippen molar-refractivity contribution in [1.82, 2.24) is 19.9 Å². The predicted molar refractivity (Wildman–Crippen MR) is 163 cm³/mol. The van der Waals surface area contributed by atoms with Crippen molar-refractivity contribution in [2.45, 2.75) is 51.1 Å². The fraction of sp³-hybridized carbons (Fsp3) is 0.367. The number of aliphatic hydroxyl groups excluding tert-OH is 1. The molecule has 0 aliphatic carbocycles. The average Bonchev–Trinajstić information content (AvgIpc) is 3.39. The van der Waals surface area contributed by atoms with Crippen molar-refractivity contribution in [1.29, 1.82) is 0 Å². The summed E-state index contributed by atoms with van der Waals surface area (Å²) in [6.07, 6.45) is -1.71. The van der Waals surface area contributed by atoms with E-state index in [1.54, 1.807) is 12.1 Å². The van der Waals surface area contributed by atoms with Crippen LogP contribution in [0.2, 0.25) is 0 Å². The van der Waals surface area contributed by atoms with E-state index in [1.807, 2.05) is 19.1 Å². The van der Waals surface area contributed by atoms with Crippen molar-refractivity contribution in [2.24, 2.45) is 22.2 Å².